The van der Waals surface area contributed by atoms with Gasteiger partial charge in [-0.3, -0.25) is 14.5 Å². The Morgan fingerprint density at radius 1 is 1.29 bits per heavy atom. The van der Waals surface area contributed by atoms with Gasteiger partial charge in [-0.25, -0.2) is 4.79 Å². The molecule has 1 aromatic rings. The Morgan fingerprint density at radius 2 is 2.03 bits per heavy atom. The van der Waals surface area contributed by atoms with E-state index in [0.717, 1.165) is 36.6 Å². The van der Waals surface area contributed by atoms with Gasteiger partial charge in [0, 0.05) is 42.1 Å². The predicted molar refractivity (Wildman–Crippen MR) is 138 cm³/mol. The summed E-state index contributed by atoms with van der Waals surface area (Å²) in [7, 11) is 2.98. The third-order valence-corrected chi connectivity index (χ3v) is 8.52. The molecule has 1 aliphatic heterocycles. The maximum Gasteiger partial charge on any atom is 0.327 e. The minimum atomic E-state index is -1.20. The van der Waals surface area contributed by atoms with Gasteiger partial charge in [0.2, 0.25) is 5.91 Å². The summed E-state index contributed by atoms with van der Waals surface area (Å²) in [5, 5.41) is 21.6. The Hall–Kier alpha value is -1.98. The highest BCUT2D eigenvalue weighted by Gasteiger charge is 2.27. The van der Waals surface area contributed by atoms with Gasteiger partial charge in [-0.1, -0.05) is 70.1 Å². The molecule has 3 unspecified atom stereocenters. The number of nitrogens with two attached hydrogens (primary N) is 1. The SMILES string of the molecule is C=C/C=C1/CN(Cc2ccccc2Cl)CCC1SSCC(NC(=O)CCC(N)C(=O)O)C(=O)O. The van der Waals surface area contributed by atoms with Gasteiger partial charge in [-0.05, 0) is 30.0 Å². The van der Waals surface area contributed by atoms with Crippen molar-refractivity contribution in [3.8, 4) is 0 Å². The van der Waals surface area contributed by atoms with Gasteiger partial charge in [-0.15, -0.1) is 0 Å². The molecule has 34 heavy (non-hydrogen) atoms. The number of likely N-dealkylation sites (tertiary alicyclic amines) is 1. The third kappa shape index (κ3) is 9.34. The van der Waals surface area contributed by atoms with Crippen LogP contribution in [0.3, 0.4) is 0 Å². The van der Waals surface area contributed by atoms with E-state index < -0.39 is 29.9 Å². The number of piperidine rings is 1. The number of nitrogens with zero attached hydrogens (tertiary/aromatic N) is 1. The molecule has 0 aliphatic carbocycles. The molecule has 1 aliphatic rings. The van der Waals surface area contributed by atoms with Crippen molar-refractivity contribution in [3.05, 3.63) is 59.2 Å². The Morgan fingerprint density at radius 3 is 2.68 bits per heavy atom. The van der Waals surface area contributed by atoms with Crippen LogP contribution in [0.5, 0.6) is 0 Å². The molecule has 1 heterocycles. The molecule has 0 spiro atoms. The molecule has 0 aromatic heterocycles. The van der Waals surface area contributed by atoms with Crippen LogP contribution in [0.25, 0.3) is 0 Å². The van der Waals surface area contributed by atoms with Gasteiger partial charge in [0.05, 0.1) is 0 Å². The zero-order chi connectivity index (χ0) is 25.1. The quantitative estimate of drug-likeness (QED) is 0.285. The number of halogens is 1. The summed E-state index contributed by atoms with van der Waals surface area (Å²) >= 11 is 6.30. The lowest BCUT2D eigenvalue weighted by molar-refractivity contribution is -0.141. The van der Waals surface area contributed by atoms with E-state index in [0.29, 0.717) is 0 Å². The summed E-state index contributed by atoms with van der Waals surface area (Å²) in [5.41, 5.74) is 7.66. The number of hydrogen-bond donors (Lipinski definition) is 4. The molecule has 1 amide bonds. The van der Waals surface area contributed by atoms with Gasteiger partial charge < -0.3 is 21.3 Å². The number of carbonyl (C=O) groups is 3. The summed E-state index contributed by atoms with van der Waals surface area (Å²) in [6.07, 6.45) is 4.44. The molecule has 186 valence electrons. The number of benzene rings is 1. The van der Waals surface area contributed by atoms with Crippen LogP contribution in [0.15, 0.2) is 48.6 Å². The van der Waals surface area contributed by atoms with Crippen LogP contribution in [0, 0.1) is 0 Å². The Balaban J connectivity index is 1.85. The van der Waals surface area contributed by atoms with Crippen molar-refractivity contribution in [3.63, 3.8) is 0 Å². The molecule has 11 heteroatoms. The molecule has 0 bridgehead atoms. The number of allylic oxidation sites excluding steroid dienone is 2. The molecule has 0 radical (unpaired) electrons. The number of hydrogen-bond acceptors (Lipinski definition) is 7. The van der Waals surface area contributed by atoms with Gasteiger partial charge in [-0.2, -0.15) is 0 Å². The van der Waals surface area contributed by atoms with Crippen LogP contribution >= 0.6 is 33.2 Å². The van der Waals surface area contributed by atoms with Crippen molar-refractivity contribution in [1.29, 1.82) is 0 Å². The van der Waals surface area contributed by atoms with Crippen molar-refractivity contribution in [2.45, 2.75) is 43.1 Å². The maximum absolute atomic E-state index is 12.0. The number of nitrogens with one attached hydrogen (secondary N) is 1. The first kappa shape index (κ1) is 28.3. The lowest BCUT2D eigenvalue weighted by Crippen LogP contribution is -2.43. The molecule has 1 aromatic carbocycles. The van der Waals surface area contributed by atoms with E-state index in [1.807, 2.05) is 30.3 Å². The van der Waals surface area contributed by atoms with Gasteiger partial charge in [0.15, 0.2) is 0 Å². The minimum Gasteiger partial charge on any atom is -0.480 e. The summed E-state index contributed by atoms with van der Waals surface area (Å²) in [4.78, 5) is 36.7. The van der Waals surface area contributed by atoms with E-state index in [4.69, 9.17) is 22.4 Å². The second-order valence-corrected chi connectivity index (χ2v) is 10.9. The standard InChI is InChI=1S/C23H30ClN3O5S2/c1-2-5-16-13-27(12-15-6-3-4-7-17(15)24)11-10-20(16)34-33-14-19(23(31)32)26-21(28)9-8-18(25)22(29)30/h2-7,18-20H,1,8-14,25H2,(H,26,28)(H,29,30)(H,31,32)/b16-5-. The normalized spacial score (nSPS) is 19.4. The van der Waals surface area contributed by atoms with E-state index in [-0.39, 0.29) is 23.8 Å². The first-order valence-electron chi connectivity index (χ1n) is 10.8. The molecule has 1 saturated heterocycles. The van der Waals surface area contributed by atoms with Crippen molar-refractivity contribution in [1.82, 2.24) is 10.2 Å². The fourth-order valence-corrected chi connectivity index (χ4v) is 6.46. The molecular weight excluding hydrogens is 498 g/mol. The number of aliphatic carboxylic acids is 2. The van der Waals surface area contributed by atoms with Gasteiger partial charge in [0.1, 0.15) is 12.1 Å². The second kappa shape index (κ2) is 14.4. The average Bonchev–Trinajstić information content (AvgIpc) is 2.79. The monoisotopic (exact) mass is 527 g/mol. The summed E-state index contributed by atoms with van der Waals surface area (Å²) in [6.45, 7) is 6.20. The first-order valence-corrected chi connectivity index (χ1v) is 13.5. The summed E-state index contributed by atoms with van der Waals surface area (Å²) < 4.78 is 0. The van der Waals surface area contributed by atoms with Gasteiger partial charge in [0.25, 0.3) is 0 Å². The van der Waals surface area contributed by atoms with Crippen LogP contribution in [-0.2, 0) is 20.9 Å². The fourth-order valence-electron chi connectivity index (χ4n) is 3.39. The second-order valence-electron chi connectivity index (χ2n) is 7.88. The van der Waals surface area contributed by atoms with Crippen molar-refractivity contribution >= 4 is 51.0 Å². The first-order chi connectivity index (χ1) is 16.2. The van der Waals surface area contributed by atoms with E-state index in [1.165, 1.54) is 16.4 Å². The van der Waals surface area contributed by atoms with Gasteiger partial charge >= 0.3 is 11.9 Å². The Labute approximate surface area is 212 Å². The van der Waals surface area contributed by atoms with Crippen LogP contribution in [0.2, 0.25) is 5.02 Å². The largest absolute Gasteiger partial charge is 0.480 e. The smallest absolute Gasteiger partial charge is 0.327 e. The molecule has 5 N–H and O–H groups in total. The van der Waals surface area contributed by atoms with Crippen LogP contribution in [-0.4, -0.2) is 69.1 Å². The molecule has 1 fully saturated rings. The van der Waals surface area contributed by atoms with Crippen LogP contribution in [0.4, 0.5) is 0 Å². The minimum absolute atomic E-state index is 0.0577. The van der Waals surface area contributed by atoms with Crippen molar-refractivity contribution in [2.75, 3.05) is 18.8 Å². The fraction of sp³-hybridized carbons (Fsp3) is 0.435. The van der Waals surface area contributed by atoms with E-state index >= 15 is 0 Å². The number of carboxylic acid groups (broad SMARTS) is 2. The third-order valence-electron chi connectivity index (χ3n) is 5.26. The van der Waals surface area contributed by atoms with E-state index in [2.05, 4.69) is 16.8 Å². The topological polar surface area (TPSA) is 133 Å². The number of carbonyl (C=O) groups excluding carboxylic acids is 1. The van der Waals surface area contributed by atoms with Crippen molar-refractivity contribution in [2.24, 2.45) is 5.73 Å². The van der Waals surface area contributed by atoms with Crippen LogP contribution in [0.1, 0.15) is 24.8 Å². The van der Waals surface area contributed by atoms with Crippen LogP contribution < -0.4 is 11.1 Å². The molecule has 3 atom stereocenters. The zero-order valence-corrected chi connectivity index (χ0v) is 21.1. The lowest BCUT2D eigenvalue weighted by atomic mass is 10.0. The number of carboxylic acids is 2. The highest BCUT2D eigenvalue weighted by Crippen LogP contribution is 2.37. The summed E-state index contributed by atoms with van der Waals surface area (Å²) in [5.74, 6) is -2.69. The zero-order valence-electron chi connectivity index (χ0n) is 18.7. The highest BCUT2D eigenvalue weighted by atomic mass is 35.5. The Kier molecular flexibility index (Phi) is 12.0. The number of rotatable bonds is 13. The van der Waals surface area contributed by atoms with Crippen molar-refractivity contribution < 1.29 is 24.6 Å². The average molecular weight is 528 g/mol. The highest BCUT2D eigenvalue weighted by molar-refractivity contribution is 8.77. The Bertz CT molecular complexity index is 914. The molecule has 2 rings (SSSR count). The predicted octanol–water partition coefficient (Wildman–Crippen LogP) is 3.17. The van der Waals surface area contributed by atoms with E-state index in [9.17, 15) is 19.5 Å². The molecule has 8 nitrogen and oxygen atoms in total. The maximum atomic E-state index is 12.0. The molecular formula is C23H30ClN3O5S2. The number of amides is 1. The van der Waals surface area contributed by atoms with E-state index in [1.54, 1.807) is 16.9 Å². The lowest BCUT2D eigenvalue weighted by Gasteiger charge is -2.34. The molecule has 0 saturated carbocycles. The summed E-state index contributed by atoms with van der Waals surface area (Å²) in [6, 6.07) is 5.56.